The molecule has 1 spiro atoms. The van der Waals surface area contributed by atoms with Crippen LogP contribution in [0.5, 0.6) is 0 Å². The van der Waals surface area contributed by atoms with Crippen LogP contribution in [-0.2, 0) is 11.3 Å². The highest BCUT2D eigenvalue weighted by Crippen LogP contribution is 2.28. The van der Waals surface area contributed by atoms with Gasteiger partial charge in [-0.3, -0.25) is 9.69 Å². The average molecular weight is 295 g/mol. The Morgan fingerprint density at radius 2 is 1.71 bits per heavy atom. The van der Waals surface area contributed by atoms with E-state index in [1.165, 1.54) is 0 Å². The predicted octanol–water partition coefficient (Wildman–Crippen LogP) is 1.14. The molecule has 2 aliphatic heterocycles. The lowest BCUT2D eigenvalue weighted by Crippen LogP contribution is -2.53. The SMILES string of the molecule is O=C1NC2(CCNCC2)C(=O)N1Cc1cc(F)cc(F)c1. The largest absolute Gasteiger partial charge is 0.325 e. The van der Waals surface area contributed by atoms with Gasteiger partial charge in [-0.15, -0.1) is 0 Å². The van der Waals surface area contributed by atoms with Crippen molar-refractivity contribution in [2.24, 2.45) is 0 Å². The summed E-state index contributed by atoms with van der Waals surface area (Å²) in [5.74, 6) is -1.78. The summed E-state index contributed by atoms with van der Waals surface area (Å²) in [6, 6.07) is 2.49. The zero-order chi connectivity index (χ0) is 15.0. The number of halogens is 2. The minimum Gasteiger partial charge on any atom is -0.323 e. The molecule has 3 amide bonds. The molecule has 2 N–H and O–H groups in total. The van der Waals surface area contributed by atoms with Crippen LogP contribution in [-0.4, -0.2) is 35.5 Å². The zero-order valence-corrected chi connectivity index (χ0v) is 11.3. The number of imide groups is 1. The van der Waals surface area contributed by atoms with Crippen LogP contribution in [0.15, 0.2) is 18.2 Å². The lowest BCUT2D eigenvalue weighted by atomic mass is 9.88. The maximum absolute atomic E-state index is 13.2. The van der Waals surface area contributed by atoms with Gasteiger partial charge in [-0.1, -0.05) is 0 Å². The molecule has 0 aliphatic carbocycles. The summed E-state index contributed by atoms with van der Waals surface area (Å²) < 4.78 is 26.4. The Balaban J connectivity index is 1.82. The maximum Gasteiger partial charge on any atom is 0.325 e. The predicted molar refractivity (Wildman–Crippen MR) is 70.3 cm³/mol. The van der Waals surface area contributed by atoms with E-state index in [1.807, 2.05) is 0 Å². The second-order valence-corrected chi connectivity index (χ2v) is 5.43. The molecule has 112 valence electrons. The summed E-state index contributed by atoms with van der Waals surface area (Å²) in [6.07, 6.45) is 1.04. The molecule has 0 aromatic heterocycles. The highest BCUT2D eigenvalue weighted by atomic mass is 19.1. The third-order valence-electron chi connectivity index (χ3n) is 3.97. The lowest BCUT2D eigenvalue weighted by Gasteiger charge is -2.31. The Bertz CT molecular complexity index is 580. The van der Waals surface area contributed by atoms with E-state index in [0.717, 1.165) is 23.1 Å². The Morgan fingerprint density at radius 3 is 2.33 bits per heavy atom. The van der Waals surface area contributed by atoms with Gasteiger partial charge in [0, 0.05) is 6.07 Å². The van der Waals surface area contributed by atoms with E-state index >= 15 is 0 Å². The smallest absolute Gasteiger partial charge is 0.323 e. The number of hydrogen-bond donors (Lipinski definition) is 2. The van der Waals surface area contributed by atoms with Crippen LogP contribution in [0.3, 0.4) is 0 Å². The number of benzene rings is 1. The van der Waals surface area contributed by atoms with Gasteiger partial charge in [0.25, 0.3) is 5.91 Å². The molecule has 2 heterocycles. The highest BCUT2D eigenvalue weighted by Gasteiger charge is 2.51. The standard InChI is InChI=1S/C14H15F2N3O2/c15-10-5-9(6-11(16)7-10)8-19-12(20)14(18-13(19)21)1-3-17-4-2-14/h5-7,17H,1-4,8H2,(H,18,21). The zero-order valence-electron chi connectivity index (χ0n) is 11.3. The molecule has 2 saturated heterocycles. The number of urea groups is 1. The molecule has 7 heteroatoms. The highest BCUT2D eigenvalue weighted by molar-refractivity contribution is 6.07. The van der Waals surface area contributed by atoms with Crippen molar-refractivity contribution in [3.63, 3.8) is 0 Å². The second-order valence-electron chi connectivity index (χ2n) is 5.43. The van der Waals surface area contributed by atoms with Crippen LogP contribution in [0.1, 0.15) is 18.4 Å². The van der Waals surface area contributed by atoms with E-state index in [0.29, 0.717) is 25.9 Å². The molecule has 1 aromatic rings. The molecule has 0 atom stereocenters. The number of piperidine rings is 1. The first kappa shape index (κ1) is 13.9. The summed E-state index contributed by atoms with van der Waals surface area (Å²) >= 11 is 0. The number of rotatable bonds is 2. The van der Waals surface area contributed by atoms with E-state index in [1.54, 1.807) is 0 Å². The molecule has 1 aromatic carbocycles. The first-order valence-corrected chi connectivity index (χ1v) is 6.80. The summed E-state index contributed by atoms with van der Waals surface area (Å²) in [5, 5.41) is 5.86. The number of hydrogen-bond acceptors (Lipinski definition) is 3. The summed E-state index contributed by atoms with van der Waals surface area (Å²) in [7, 11) is 0. The molecular weight excluding hydrogens is 280 g/mol. The molecule has 0 bridgehead atoms. The van der Waals surface area contributed by atoms with Gasteiger partial charge < -0.3 is 10.6 Å². The Labute approximate surface area is 120 Å². The van der Waals surface area contributed by atoms with Crippen molar-refractivity contribution in [2.45, 2.75) is 24.9 Å². The fourth-order valence-electron chi connectivity index (χ4n) is 2.90. The fraction of sp³-hybridized carbons (Fsp3) is 0.429. The molecule has 3 rings (SSSR count). The molecule has 5 nitrogen and oxygen atoms in total. The van der Waals surface area contributed by atoms with E-state index in [4.69, 9.17) is 0 Å². The van der Waals surface area contributed by atoms with Crippen LogP contribution in [0, 0.1) is 11.6 Å². The summed E-state index contributed by atoms with van der Waals surface area (Å²) in [4.78, 5) is 25.5. The van der Waals surface area contributed by atoms with E-state index in [9.17, 15) is 18.4 Å². The molecule has 2 fully saturated rings. The number of nitrogens with zero attached hydrogens (tertiary/aromatic N) is 1. The quantitative estimate of drug-likeness (QED) is 0.804. The Morgan fingerprint density at radius 1 is 1.10 bits per heavy atom. The van der Waals surface area contributed by atoms with Crippen molar-refractivity contribution < 1.29 is 18.4 Å². The third kappa shape index (κ3) is 2.49. The third-order valence-corrected chi connectivity index (χ3v) is 3.97. The monoisotopic (exact) mass is 295 g/mol. The van der Waals surface area contributed by atoms with Crippen LogP contribution < -0.4 is 10.6 Å². The Kier molecular flexibility index (Phi) is 3.36. The maximum atomic E-state index is 13.2. The number of amides is 3. The van der Waals surface area contributed by atoms with Gasteiger partial charge in [0.1, 0.15) is 17.2 Å². The van der Waals surface area contributed by atoms with Crippen LogP contribution in [0.4, 0.5) is 13.6 Å². The van der Waals surface area contributed by atoms with Gasteiger partial charge in [0.05, 0.1) is 6.54 Å². The van der Waals surface area contributed by atoms with Crippen LogP contribution in [0.2, 0.25) is 0 Å². The fourth-order valence-corrected chi connectivity index (χ4v) is 2.90. The van der Waals surface area contributed by atoms with Crippen molar-refractivity contribution >= 4 is 11.9 Å². The molecule has 2 aliphatic rings. The van der Waals surface area contributed by atoms with Gasteiger partial charge in [-0.25, -0.2) is 13.6 Å². The number of carbonyl (C=O) groups is 2. The minimum atomic E-state index is -0.867. The van der Waals surface area contributed by atoms with Crippen LogP contribution >= 0.6 is 0 Å². The first-order valence-electron chi connectivity index (χ1n) is 6.80. The van der Waals surface area contributed by atoms with Crippen molar-refractivity contribution in [1.29, 1.82) is 0 Å². The van der Waals surface area contributed by atoms with Gasteiger partial charge in [0.2, 0.25) is 0 Å². The molecule has 21 heavy (non-hydrogen) atoms. The van der Waals surface area contributed by atoms with Crippen molar-refractivity contribution in [3.05, 3.63) is 35.4 Å². The molecular formula is C14H15F2N3O2. The topological polar surface area (TPSA) is 61.4 Å². The van der Waals surface area contributed by atoms with Gasteiger partial charge in [-0.2, -0.15) is 0 Å². The normalized spacial score (nSPS) is 21.0. The molecule has 0 unspecified atom stereocenters. The summed E-state index contributed by atoms with van der Waals surface area (Å²) in [5.41, 5.74) is -0.615. The number of carbonyl (C=O) groups excluding carboxylic acids is 2. The van der Waals surface area contributed by atoms with E-state index < -0.39 is 23.2 Å². The van der Waals surface area contributed by atoms with Crippen molar-refractivity contribution in [2.75, 3.05) is 13.1 Å². The molecule has 0 radical (unpaired) electrons. The van der Waals surface area contributed by atoms with Crippen molar-refractivity contribution in [3.8, 4) is 0 Å². The second kappa shape index (κ2) is 5.07. The van der Waals surface area contributed by atoms with Crippen molar-refractivity contribution in [1.82, 2.24) is 15.5 Å². The number of nitrogens with one attached hydrogen (secondary N) is 2. The van der Waals surface area contributed by atoms with Gasteiger partial charge in [-0.05, 0) is 43.6 Å². The summed E-state index contributed by atoms with van der Waals surface area (Å²) in [6.45, 7) is 1.16. The minimum absolute atomic E-state index is 0.130. The first-order chi connectivity index (χ1) is 10.00. The van der Waals surface area contributed by atoms with Gasteiger partial charge in [0.15, 0.2) is 0 Å². The van der Waals surface area contributed by atoms with Gasteiger partial charge >= 0.3 is 6.03 Å². The Hall–Kier alpha value is -2.02. The van der Waals surface area contributed by atoms with E-state index in [-0.39, 0.29) is 18.0 Å². The van der Waals surface area contributed by atoms with Crippen LogP contribution in [0.25, 0.3) is 0 Å². The average Bonchev–Trinajstić information content (AvgIpc) is 2.63. The molecule has 0 saturated carbocycles. The lowest BCUT2D eigenvalue weighted by molar-refractivity contribution is -0.132. The van der Waals surface area contributed by atoms with E-state index in [2.05, 4.69) is 10.6 Å².